The summed E-state index contributed by atoms with van der Waals surface area (Å²) in [5.41, 5.74) is 6.63. The topological polar surface area (TPSA) is 77.2 Å². The van der Waals surface area contributed by atoms with Gasteiger partial charge in [-0.15, -0.1) is 0 Å². The van der Waals surface area contributed by atoms with Gasteiger partial charge in [-0.05, 0) is 18.6 Å². The summed E-state index contributed by atoms with van der Waals surface area (Å²) in [6, 6.07) is 1.75. The average molecular weight is 244 g/mol. The number of nitrogens with two attached hydrogens (primary N) is 1. The van der Waals surface area contributed by atoms with E-state index in [9.17, 15) is 4.79 Å². The Hall–Kier alpha value is -1.17. The lowest BCUT2D eigenvalue weighted by atomic mass is 10.3. The van der Waals surface area contributed by atoms with Crippen LogP contribution in [-0.4, -0.2) is 30.6 Å². The van der Waals surface area contributed by atoms with E-state index in [2.05, 4.69) is 10.3 Å². The third-order valence-electron chi connectivity index (χ3n) is 1.79. The highest BCUT2D eigenvalue weighted by atomic mass is 35.5. The molecule has 0 saturated carbocycles. The summed E-state index contributed by atoms with van der Waals surface area (Å²) in [7, 11) is 0. The van der Waals surface area contributed by atoms with Gasteiger partial charge in [0.05, 0.1) is 18.5 Å². The molecule has 0 bridgehead atoms. The van der Waals surface area contributed by atoms with Crippen molar-refractivity contribution in [2.75, 3.05) is 25.1 Å². The lowest BCUT2D eigenvalue weighted by Crippen LogP contribution is -2.20. The Bertz CT molecular complexity index is 371. The van der Waals surface area contributed by atoms with Crippen LogP contribution in [0.25, 0.3) is 0 Å². The number of amides is 1. The van der Waals surface area contributed by atoms with Crippen molar-refractivity contribution in [1.82, 2.24) is 4.98 Å². The molecule has 1 heterocycles. The number of nitrogens with zero attached hydrogens (tertiary/aromatic N) is 1. The number of hydrogen-bond donors (Lipinski definition) is 2. The SMILES string of the molecule is Cc1cc(NC(=O)COCCN)cnc1Cl. The Morgan fingerprint density at radius 2 is 2.44 bits per heavy atom. The van der Waals surface area contributed by atoms with Crippen LogP contribution in [0.1, 0.15) is 5.56 Å². The fourth-order valence-corrected chi connectivity index (χ4v) is 1.18. The number of anilines is 1. The first-order valence-electron chi connectivity index (χ1n) is 4.83. The van der Waals surface area contributed by atoms with E-state index in [0.717, 1.165) is 5.56 Å². The average Bonchev–Trinajstić information content (AvgIpc) is 2.24. The molecule has 0 aromatic carbocycles. The van der Waals surface area contributed by atoms with Crippen LogP contribution in [0.5, 0.6) is 0 Å². The van der Waals surface area contributed by atoms with Crippen molar-refractivity contribution in [2.24, 2.45) is 5.73 Å². The molecule has 6 heteroatoms. The monoisotopic (exact) mass is 243 g/mol. The van der Waals surface area contributed by atoms with E-state index in [1.165, 1.54) is 6.20 Å². The van der Waals surface area contributed by atoms with Gasteiger partial charge in [0.2, 0.25) is 5.91 Å². The molecule has 1 amide bonds. The number of carbonyl (C=O) groups excluding carboxylic acids is 1. The van der Waals surface area contributed by atoms with Crippen LogP contribution in [0.2, 0.25) is 5.15 Å². The largest absolute Gasteiger partial charge is 0.370 e. The number of pyridine rings is 1. The molecule has 0 aliphatic heterocycles. The minimum absolute atomic E-state index is 0.0150. The molecular formula is C10H14ClN3O2. The Balaban J connectivity index is 2.46. The number of rotatable bonds is 5. The maximum absolute atomic E-state index is 11.3. The molecule has 0 saturated heterocycles. The standard InChI is InChI=1S/C10H14ClN3O2/c1-7-4-8(5-13-10(7)11)14-9(15)6-16-3-2-12/h4-5H,2-3,6,12H2,1H3,(H,14,15). The zero-order valence-electron chi connectivity index (χ0n) is 9.00. The summed E-state index contributed by atoms with van der Waals surface area (Å²) < 4.78 is 4.99. The van der Waals surface area contributed by atoms with E-state index in [0.29, 0.717) is 24.0 Å². The van der Waals surface area contributed by atoms with Crippen LogP contribution in [0.15, 0.2) is 12.3 Å². The zero-order valence-corrected chi connectivity index (χ0v) is 9.75. The highest BCUT2D eigenvalue weighted by Crippen LogP contribution is 2.15. The highest BCUT2D eigenvalue weighted by molar-refractivity contribution is 6.30. The third-order valence-corrected chi connectivity index (χ3v) is 2.19. The van der Waals surface area contributed by atoms with Crippen LogP contribution < -0.4 is 11.1 Å². The van der Waals surface area contributed by atoms with Crippen LogP contribution in [0.3, 0.4) is 0 Å². The van der Waals surface area contributed by atoms with Crippen LogP contribution in [0, 0.1) is 6.92 Å². The molecule has 5 nitrogen and oxygen atoms in total. The molecule has 0 unspecified atom stereocenters. The summed E-state index contributed by atoms with van der Waals surface area (Å²) in [6.07, 6.45) is 1.50. The van der Waals surface area contributed by atoms with Crippen molar-refractivity contribution in [3.8, 4) is 0 Å². The molecule has 88 valence electrons. The van der Waals surface area contributed by atoms with E-state index < -0.39 is 0 Å². The number of nitrogens with one attached hydrogen (secondary N) is 1. The fraction of sp³-hybridized carbons (Fsp3) is 0.400. The molecule has 0 radical (unpaired) electrons. The molecule has 0 aliphatic carbocycles. The molecular weight excluding hydrogens is 230 g/mol. The van der Waals surface area contributed by atoms with E-state index in [4.69, 9.17) is 22.1 Å². The van der Waals surface area contributed by atoms with Crippen LogP contribution in [-0.2, 0) is 9.53 Å². The summed E-state index contributed by atoms with van der Waals surface area (Å²) in [5, 5.41) is 3.07. The van der Waals surface area contributed by atoms with Crippen molar-refractivity contribution < 1.29 is 9.53 Å². The number of aryl methyl sites for hydroxylation is 1. The Kier molecular flexibility index (Phi) is 5.18. The summed E-state index contributed by atoms with van der Waals surface area (Å²) in [5.74, 6) is -0.239. The predicted octanol–water partition coefficient (Wildman–Crippen LogP) is 0.957. The lowest BCUT2D eigenvalue weighted by molar-refractivity contribution is -0.120. The van der Waals surface area contributed by atoms with Crippen molar-refractivity contribution in [1.29, 1.82) is 0 Å². The number of ether oxygens (including phenoxy) is 1. The van der Waals surface area contributed by atoms with Gasteiger partial charge in [-0.2, -0.15) is 0 Å². The number of hydrogen-bond acceptors (Lipinski definition) is 4. The van der Waals surface area contributed by atoms with E-state index in [1.54, 1.807) is 6.07 Å². The van der Waals surface area contributed by atoms with E-state index in [-0.39, 0.29) is 12.5 Å². The fourth-order valence-electron chi connectivity index (χ4n) is 1.07. The van der Waals surface area contributed by atoms with Crippen LogP contribution in [0.4, 0.5) is 5.69 Å². The van der Waals surface area contributed by atoms with Gasteiger partial charge in [0.15, 0.2) is 0 Å². The van der Waals surface area contributed by atoms with E-state index in [1.807, 2.05) is 6.92 Å². The van der Waals surface area contributed by atoms with Gasteiger partial charge < -0.3 is 15.8 Å². The van der Waals surface area contributed by atoms with Gasteiger partial charge in [-0.25, -0.2) is 4.98 Å². The van der Waals surface area contributed by atoms with Crippen LogP contribution >= 0.6 is 11.6 Å². The summed E-state index contributed by atoms with van der Waals surface area (Å²) in [6.45, 7) is 2.56. The van der Waals surface area contributed by atoms with Crippen molar-refractivity contribution in [3.63, 3.8) is 0 Å². The second-order valence-electron chi connectivity index (χ2n) is 3.22. The Labute approximate surface area is 98.9 Å². The Morgan fingerprint density at radius 1 is 1.69 bits per heavy atom. The molecule has 1 aromatic rings. The first-order chi connectivity index (χ1) is 7.63. The molecule has 1 rings (SSSR count). The maximum Gasteiger partial charge on any atom is 0.250 e. The van der Waals surface area contributed by atoms with Gasteiger partial charge in [-0.1, -0.05) is 11.6 Å². The number of aromatic nitrogens is 1. The molecule has 16 heavy (non-hydrogen) atoms. The Morgan fingerprint density at radius 3 is 3.06 bits per heavy atom. The normalized spacial score (nSPS) is 10.2. The molecule has 1 aromatic heterocycles. The summed E-state index contributed by atoms with van der Waals surface area (Å²) >= 11 is 5.76. The summed E-state index contributed by atoms with van der Waals surface area (Å²) in [4.78, 5) is 15.3. The second kappa shape index (κ2) is 6.42. The van der Waals surface area contributed by atoms with Gasteiger partial charge in [0.25, 0.3) is 0 Å². The van der Waals surface area contributed by atoms with Crippen molar-refractivity contribution >= 4 is 23.2 Å². The van der Waals surface area contributed by atoms with Gasteiger partial charge in [0.1, 0.15) is 11.8 Å². The molecule has 3 N–H and O–H groups in total. The highest BCUT2D eigenvalue weighted by Gasteiger charge is 2.04. The zero-order chi connectivity index (χ0) is 12.0. The van der Waals surface area contributed by atoms with Gasteiger partial charge >= 0.3 is 0 Å². The maximum atomic E-state index is 11.3. The minimum Gasteiger partial charge on any atom is -0.370 e. The third kappa shape index (κ3) is 4.14. The second-order valence-corrected chi connectivity index (χ2v) is 3.58. The van der Waals surface area contributed by atoms with E-state index >= 15 is 0 Å². The smallest absolute Gasteiger partial charge is 0.250 e. The number of carbonyl (C=O) groups is 1. The minimum atomic E-state index is -0.239. The van der Waals surface area contributed by atoms with Crippen molar-refractivity contribution in [3.05, 3.63) is 23.0 Å². The lowest BCUT2D eigenvalue weighted by Gasteiger charge is -2.06. The predicted molar refractivity (Wildman–Crippen MR) is 62.5 cm³/mol. The van der Waals surface area contributed by atoms with Gasteiger partial charge in [0, 0.05) is 6.54 Å². The molecule has 0 spiro atoms. The molecule has 0 aliphatic rings. The molecule has 0 fully saturated rings. The van der Waals surface area contributed by atoms with Crippen molar-refractivity contribution in [2.45, 2.75) is 6.92 Å². The first kappa shape index (κ1) is 12.9. The molecule has 0 atom stereocenters. The van der Waals surface area contributed by atoms with Gasteiger partial charge in [-0.3, -0.25) is 4.79 Å². The quantitative estimate of drug-likeness (QED) is 0.597. The number of halogens is 1. The first-order valence-corrected chi connectivity index (χ1v) is 5.21.